The molecule has 23 heavy (non-hydrogen) atoms. The maximum Gasteiger partial charge on any atom is 0.360 e. The van der Waals surface area contributed by atoms with Crippen LogP contribution in [-0.2, 0) is 6.54 Å². The number of benzene rings is 2. The molecule has 1 N–H and O–H groups in total. The van der Waals surface area contributed by atoms with Crippen LogP contribution in [-0.4, -0.2) is 14.8 Å². The van der Waals surface area contributed by atoms with Gasteiger partial charge in [-0.25, -0.2) is 13.1 Å². The van der Waals surface area contributed by atoms with Crippen molar-refractivity contribution < 1.29 is 9.18 Å². The summed E-state index contributed by atoms with van der Waals surface area (Å²) < 4.78 is 14.3. The maximum atomic E-state index is 12.9. The molecule has 3 aromatic rings. The Morgan fingerprint density at radius 2 is 1.83 bits per heavy atom. The number of carbonyl (C=O) groups excluding carboxylic acids is 1. The largest absolute Gasteiger partial charge is 0.360 e. The molecule has 7 heteroatoms. The van der Waals surface area contributed by atoms with Gasteiger partial charge >= 0.3 is 5.69 Å². The van der Waals surface area contributed by atoms with E-state index >= 15 is 0 Å². The monoisotopic (exact) mass is 329 g/mol. The molecule has 0 aliphatic rings. The molecule has 2 aromatic carbocycles. The molecule has 0 atom stereocenters. The molecule has 1 aromatic heterocycles. The van der Waals surface area contributed by atoms with Gasteiger partial charge in [-0.15, -0.1) is 0 Å². The second-order valence-corrected chi connectivity index (χ2v) is 5.78. The van der Waals surface area contributed by atoms with Gasteiger partial charge in [0.2, 0.25) is 5.13 Å². The Balaban J connectivity index is 1.74. The first kappa shape index (κ1) is 15.1. The van der Waals surface area contributed by atoms with Gasteiger partial charge in [0, 0.05) is 5.56 Å². The molecular weight excluding hydrogens is 317 g/mol. The average Bonchev–Trinajstić information content (AvgIpc) is 2.90. The van der Waals surface area contributed by atoms with E-state index in [4.69, 9.17) is 0 Å². The van der Waals surface area contributed by atoms with Crippen molar-refractivity contribution in [2.45, 2.75) is 6.54 Å². The van der Waals surface area contributed by atoms with E-state index in [0.717, 1.165) is 17.1 Å². The van der Waals surface area contributed by atoms with E-state index in [1.165, 1.54) is 16.1 Å². The van der Waals surface area contributed by atoms with E-state index in [1.807, 2.05) is 6.07 Å². The molecule has 0 unspecified atom stereocenters. The zero-order valence-electron chi connectivity index (χ0n) is 11.9. The zero-order chi connectivity index (χ0) is 16.2. The Bertz CT molecular complexity index is 872. The van der Waals surface area contributed by atoms with Crippen LogP contribution in [0.1, 0.15) is 15.9 Å². The Hall–Kier alpha value is -2.80. The van der Waals surface area contributed by atoms with Crippen molar-refractivity contribution in [1.82, 2.24) is 8.94 Å². The van der Waals surface area contributed by atoms with Crippen LogP contribution in [0.2, 0.25) is 0 Å². The fourth-order valence-electron chi connectivity index (χ4n) is 1.97. The lowest BCUT2D eigenvalue weighted by Crippen LogP contribution is -2.16. The second-order valence-electron chi connectivity index (χ2n) is 4.77. The molecule has 1 amide bonds. The van der Waals surface area contributed by atoms with E-state index in [2.05, 4.69) is 10.3 Å². The molecular formula is C16H12FN3O2S. The number of aromatic nitrogens is 2. The molecule has 0 fully saturated rings. The maximum absolute atomic E-state index is 12.9. The minimum atomic E-state index is -0.456. The second kappa shape index (κ2) is 6.53. The van der Waals surface area contributed by atoms with Crippen LogP contribution in [0.25, 0.3) is 0 Å². The third-order valence-corrected chi connectivity index (χ3v) is 3.98. The van der Waals surface area contributed by atoms with Crippen molar-refractivity contribution >= 4 is 22.6 Å². The molecule has 0 radical (unpaired) electrons. The molecule has 0 spiro atoms. The lowest BCUT2D eigenvalue weighted by molar-refractivity contribution is 0.102. The summed E-state index contributed by atoms with van der Waals surface area (Å²) in [6, 6.07) is 14.5. The number of rotatable bonds is 4. The number of amides is 1. The van der Waals surface area contributed by atoms with Gasteiger partial charge in [-0.05, 0) is 41.4 Å². The molecule has 3 rings (SSSR count). The summed E-state index contributed by atoms with van der Waals surface area (Å²) >= 11 is 1.05. The third kappa shape index (κ3) is 3.70. The van der Waals surface area contributed by atoms with Crippen molar-refractivity contribution in [3.63, 3.8) is 0 Å². The fourth-order valence-corrected chi connectivity index (χ4v) is 2.77. The number of nitrogens with one attached hydrogen (secondary N) is 1. The lowest BCUT2D eigenvalue weighted by Gasteiger charge is -2.01. The van der Waals surface area contributed by atoms with Gasteiger partial charge in [0.15, 0.2) is 0 Å². The van der Waals surface area contributed by atoms with Crippen LogP contribution in [0.4, 0.5) is 9.52 Å². The van der Waals surface area contributed by atoms with E-state index in [9.17, 15) is 14.0 Å². The summed E-state index contributed by atoms with van der Waals surface area (Å²) in [4.78, 5) is 27.7. The molecule has 116 valence electrons. The van der Waals surface area contributed by atoms with Crippen LogP contribution in [0, 0.1) is 5.82 Å². The summed E-state index contributed by atoms with van der Waals surface area (Å²) in [6.45, 7) is 0.276. The Morgan fingerprint density at radius 3 is 2.52 bits per heavy atom. The van der Waals surface area contributed by atoms with Crippen molar-refractivity contribution in [2.75, 3.05) is 5.32 Å². The average molecular weight is 329 g/mol. The molecule has 0 saturated heterocycles. The predicted molar refractivity (Wildman–Crippen MR) is 86.3 cm³/mol. The van der Waals surface area contributed by atoms with Crippen LogP contribution in [0.5, 0.6) is 0 Å². The van der Waals surface area contributed by atoms with Gasteiger partial charge in [0.25, 0.3) is 5.91 Å². The lowest BCUT2D eigenvalue weighted by atomic mass is 10.2. The van der Waals surface area contributed by atoms with Crippen molar-refractivity contribution in [3.8, 4) is 0 Å². The highest BCUT2D eigenvalue weighted by Gasteiger charge is 2.11. The minimum absolute atomic E-state index is 0.228. The summed E-state index contributed by atoms with van der Waals surface area (Å²) in [5, 5.41) is 2.83. The van der Waals surface area contributed by atoms with Crippen LogP contribution in [0.3, 0.4) is 0 Å². The number of hydrogen-bond donors (Lipinski definition) is 1. The van der Waals surface area contributed by atoms with Crippen LogP contribution < -0.4 is 11.0 Å². The van der Waals surface area contributed by atoms with Crippen molar-refractivity contribution in [2.24, 2.45) is 0 Å². The Labute approximate surface area is 135 Å². The molecule has 1 heterocycles. The van der Waals surface area contributed by atoms with Crippen LogP contribution in [0.15, 0.2) is 59.4 Å². The SMILES string of the molecule is O=C(Nc1nc(=O)n(Cc2ccc(F)cc2)s1)c1ccccc1. The van der Waals surface area contributed by atoms with Gasteiger partial charge in [0.05, 0.1) is 6.54 Å². The minimum Gasteiger partial charge on any atom is -0.297 e. The molecule has 0 aliphatic heterocycles. The summed E-state index contributed by atoms with van der Waals surface area (Å²) in [6.07, 6.45) is 0. The first-order valence-corrected chi connectivity index (χ1v) is 7.58. The summed E-state index contributed by atoms with van der Waals surface area (Å²) in [5.41, 5.74) is 0.806. The van der Waals surface area contributed by atoms with Gasteiger partial charge < -0.3 is 0 Å². The van der Waals surface area contributed by atoms with E-state index in [-0.39, 0.29) is 23.4 Å². The van der Waals surface area contributed by atoms with Gasteiger partial charge in [-0.1, -0.05) is 30.3 Å². The normalized spacial score (nSPS) is 10.5. The molecule has 0 saturated carbocycles. The number of anilines is 1. The van der Waals surface area contributed by atoms with Crippen molar-refractivity contribution in [3.05, 3.63) is 82.0 Å². The first-order valence-electron chi connectivity index (χ1n) is 6.81. The van der Waals surface area contributed by atoms with E-state index < -0.39 is 5.69 Å². The molecule has 5 nitrogen and oxygen atoms in total. The fraction of sp³-hybridized carbons (Fsp3) is 0.0625. The molecule has 0 bridgehead atoms. The highest BCUT2D eigenvalue weighted by Crippen LogP contribution is 2.13. The number of nitrogens with zero attached hydrogens (tertiary/aromatic N) is 2. The topological polar surface area (TPSA) is 64.0 Å². The summed E-state index contributed by atoms with van der Waals surface area (Å²) in [7, 11) is 0. The van der Waals surface area contributed by atoms with Gasteiger partial charge in [-0.3, -0.25) is 10.1 Å². The molecule has 0 aliphatic carbocycles. The standard InChI is InChI=1S/C16H12FN3O2S/c17-13-8-6-11(7-9-13)10-20-16(22)19-15(23-20)18-14(21)12-4-2-1-3-5-12/h1-9H,10H2,(H,18,19,21,22). The Kier molecular flexibility index (Phi) is 4.29. The zero-order valence-corrected chi connectivity index (χ0v) is 12.7. The van der Waals surface area contributed by atoms with Crippen molar-refractivity contribution in [1.29, 1.82) is 0 Å². The highest BCUT2D eigenvalue weighted by atomic mass is 32.1. The highest BCUT2D eigenvalue weighted by molar-refractivity contribution is 7.10. The number of hydrogen-bond acceptors (Lipinski definition) is 4. The predicted octanol–water partition coefficient (Wildman–Crippen LogP) is 2.74. The van der Waals surface area contributed by atoms with Gasteiger partial charge in [0.1, 0.15) is 5.82 Å². The summed E-state index contributed by atoms with van der Waals surface area (Å²) in [5.74, 6) is -0.658. The number of halogens is 1. The van der Waals surface area contributed by atoms with E-state index in [1.54, 1.807) is 36.4 Å². The van der Waals surface area contributed by atoms with Gasteiger partial charge in [-0.2, -0.15) is 4.98 Å². The third-order valence-electron chi connectivity index (χ3n) is 3.10. The first-order chi connectivity index (χ1) is 11.1. The van der Waals surface area contributed by atoms with Crippen LogP contribution >= 0.6 is 11.5 Å². The quantitative estimate of drug-likeness (QED) is 0.800. The Morgan fingerprint density at radius 1 is 1.13 bits per heavy atom. The van der Waals surface area contributed by atoms with E-state index in [0.29, 0.717) is 5.56 Å². The smallest absolute Gasteiger partial charge is 0.297 e. The number of carbonyl (C=O) groups is 1.